The number of alkyl halides is 3. The lowest BCUT2D eigenvalue weighted by molar-refractivity contribution is -0.137. The van der Waals surface area contributed by atoms with Gasteiger partial charge in [-0.25, -0.2) is 4.39 Å². The lowest BCUT2D eigenvalue weighted by atomic mass is 10.0. The van der Waals surface area contributed by atoms with Gasteiger partial charge in [-0.3, -0.25) is 9.59 Å². The molecule has 0 unspecified atom stereocenters. The van der Waals surface area contributed by atoms with Crippen molar-refractivity contribution in [2.75, 3.05) is 0 Å². The minimum atomic E-state index is -4.59. The van der Waals surface area contributed by atoms with E-state index in [0.29, 0.717) is 11.1 Å². The first kappa shape index (κ1) is 21.5. The molecule has 0 fully saturated rings. The van der Waals surface area contributed by atoms with E-state index in [2.05, 4.69) is 5.32 Å². The highest BCUT2D eigenvalue weighted by atomic mass is 19.4. The SMILES string of the molecule is Cc1c(C(=O)NCc2cccc(F)c2)n(C(C)C)c(=O)c2cc(C(F)(F)F)ccc12. The van der Waals surface area contributed by atoms with Crippen molar-refractivity contribution in [1.29, 1.82) is 0 Å². The molecule has 0 aliphatic heterocycles. The Morgan fingerprint density at radius 3 is 2.40 bits per heavy atom. The Balaban J connectivity index is 2.11. The van der Waals surface area contributed by atoms with Crippen molar-refractivity contribution in [1.82, 2.24) is 9.88 Å². The average Bonchev–Trinajstić information content (AvgIpc) is 2.67. The van der Waals surface area contributed by atoms with E-state index in [1.54, 1.807) is 26.8 Å². The Morgan fingerprint density at radius 1 is 1.10 bits per heavy atom. The molecule has 1 amide bonds. The number of carbonyl (C=O) groups excluding carboxylic acids is 1. The fraction of sp³-hybridized carbons (Fsp3) is 0.273. The number of amides is 1. The van der Waals surface area contributed by atoms with Gasteiger partial charge in [-0.05, 0) is 61.5 Å². The number of benzene rings is 2. The van der Waals surface area contributed by atoms with Gasteiger partial charge in [0.2, 0.25) is 0 Å². The standard InChI is InChI=1S/C22H20F4N2O2/c1-12(2)28-19(20(29)27-11-14-5-4-6-16(23)9-14)13(3)17-8-7-15(22(24,25)26)10-18(17)21(28)30/h4-10,12H,11H2,1-3H3,(H,27,29). The van der Waals surface area contributed by atoms with E-state index in [9.17, 15) is 27.2 Å². The summed E-state index contributed by atoms with van der Waals surface area (Å²) in [5.41, 5.74) is -0.602. The second-order valence-corrected chi connectivity index (χ2v) is 7.31. The first-order chi connectivity index (χ1) is 14.0. The fourth-order valence-electron chi connectivity index (χ4n) is 3.45. The maximum Gasteiger partial charge on any atom is 0.416 e. The Kier molecular flexibility index (Phi) is 5.70. The maximum atomic E-state index is 13.4. The van der Waals surface area contributed by atoms with Crippen molar-refractivity contribution in [2.45, 2.75) is 39.5 Å². The van der Waals surface area contributed by atoms with Crippen molar-refractivity contribution < 1.29 is 22.4 Å². The topological polar surface area (TPSA) is 51.1 Å². The average molecular weight is 420 g/mol. The summed E-state index contributed by atoms with van der Waals surface area (Å²) in [6, 6.07) is 8.17. The molecular weight excluding hydrogens is 400 g/mol. The summed E-state index contributed by atoms with van der Waals surface area (Å²) in [7, 11) is 0. The van der Waals surface area contributed by atoms with Crippen molar-refractivity contribution in [2.24, 2.45) is 0 Å². The zero-order valence-electron chi connectivity index (χ0n) is 16.6. The fourth-order valence-corrected chi connectivity index (χ4v) is 3.45. The van der Waals surface area contributed by atoms with Gasteiger partial charge in [0.25, 0.3) is 11.5 Å². The minimum Gasteiger partial charge on any atom is -0.347 e. The van der Waals surface area contributed by atoms with Gasteiger partial charge in [-0.15, -0.1) is 0 Å². The van der Waals surface area contributed by atoms with Gasteiger partial charge >= 0.3 is 6.18 Å². The largest absolute Gasteiger partial charge is 0.416 e. The van der Waals surface area contributed by atoms with Gasteiger partial charge in [0.05, 0.1) is 5.56 Å². The number of halogens is 4. The van der Waals surface area contributed by atoms with Gasteiger partial charge in [0.15, 0.2) is 0 Å². The van der Waals surface area contributed by atoms with Crippen molar-refractivity contribution in [3.05, 3.63) is 81.0 Å². The molecule has 0 spiro atoms. The summed E-state index contributed by atoms with van der Waals surface area (Å²) in [6.45, 7) is 4.96. The monoisotopic (exact) mass is 420 g/mol. The number of aromatic nitrogens is 1. The van der Waals surface area contributed by atoms with Gasteiger partial charge in [-0.1, -0.05) is 18.2 Å². The molecule has 0 aliphatic rings. The van der Waals surface area contributed by atoms with Gasteiger partial charge in [0.1, 0.15) is 11.5 Å². The number of aryl methyl sites for hydroxylation is 1. The predicted octanol–water partition coefficient (Wildman–Crippen LogP) is 4.98. The number of rotatable bonds is 4. The van der Waals surface area contributed by atoms with Crippen LogP contribution in [0.5, 0.6) is 0 Å². The highest BCUT2D eigenvalue weighted by Gasteiger charge is 2.31. The molecule has 30 heavy (non-hydrogen) atoms. The van der Waals surface area contributed by atoms with E-state index in [0.717, 1.165) is 12.1 Å². The van der Waals surface area contributed by atoms with E-state index < -0.39 is 35.1 Å². The number of hydrogen-bond acceptors (Lipinski definition) is 2. The molecule has 3 rings (SSSR count). The van der Waals surface area contributed by atoms with Crippen LogP contribution < -0.4 is 10.9 Å². The Labute approximate surface area is 170 Å². The number of pyridine rings is 1. The zero-order valence-corrected chi connectivity index (χ0v) is 16.6. The summed E-state index contributed by atoms with van der Waals surface area (Å²) in [5.74, 6) is -1.01. The van der Waals surface area contributed by atoms with Crippen LogP contribution in [0.4, 0.5) is 17.6 Å². The summed E-state index contributed by atoms with van der Waals surface area (Å²) >= 11 is 0. The molecule has 1 aromatic heterocycles. The molecule has 8 heteroatoms. The molecule has 1 heterocycles. The van der Waals surface area contributed by atoms with Crippen LogP contribution in [0.15, 0.2) is 47.3 Å². The number of nitrogens with one attached hydrogen (secondary N) is 1. The van der Waals surface area contributed by atoms with Crippen LogP contribution in [0.2, 0.25) is 0 Å². The molecule has 0 saturated heterocycles. The van der Waals surface area contributed by atoms with Crippen LogP contribution in [0.25, 0.3) is 10.8 Å². The van der Waals surface area contributed by atoms with Crippen LogP contribution in [0.1, 0.15) is 47.1 Å². The number of fused-ring (bicyclic) bond motifs is 1. The highest BCUT2D eigenvalue weighted by molar-refractivity contribution is 5.99. The molecule has 4 nitrogen and oxygen atoms in total. The van der Waals surface area contributed by atoms with Crippen LogP contribution >= 0.6 is 0 Å². The predicted molar refractivity (Wildman–Crippen MR) is 106 cm³/mol. The summed E-state index contributed by atoms with van der Waals surface area (Å²) in [6.07, 6.45) is -4.59. The van der Waals surface area contributed by atoms with Gasteiger partial charge < -0.3 is 9.88 Å². The molecule has 0 aliphatic carbocycles. The number of carbonyl (C=O) groups is 1. The first-order valence-corrected chi connectivity index (χ1v) is 9.29. The molecule has 2 aromatic carbocycles. The van der Waals surface area contributed by atoms with Gasteiger partial charge in [0, 0.05) is 18.0 Å². The van der Waals surface area contributed by atoms with E-state index in [1.807, 2.05) is 0 Å². The number of nitrogens with zero attached hydrogens (tertiary/aromatic N) is 1. The van der Waals surface area contributed by atoms with E-state index in [1.165, 1.54) is 28.8 Å². The van der Waals surface area contributed by atoms with Crippen LogP contribution in [-0.4, -0.2) is 10.5 Å². The summed E-state index contributed by atoms with van der Waals surface area (Å²) in [4.78, 5) is 25.9. The molecule has 0 bridgehead atoms. The smallest absolute Gasteiger partial charge is 0.347 e. The maximum absolute atomic E-state index is 13.4. The second kappa shape index (κ2) is 7.93. The molecule has 0 saturated carbocycles. The third-order valence-electron chi connectivity index (χ3n) is 4.87. The quantitative estimate of drug-likeness (QED) is 0.606. The molecular formula is C22H20F4N2O2. The van der Waals surface area contributed by atoms with Gasteiger partial charge in [-0.2, -0.15) is 13.2 Å². The molecule has 0 atom stereocenters. The van der Waals surface area contributed by atoms with E-state index in [4.69, 9.17) is 0 Å². The Hall–Kier alpha value is -3.16. The minimum absolute atomic E-state index is 0.0351. The molecule has 158 valence electrons. The van der Waals surface area contributed by atoms with Crippen LogP contribution in [0.3, 0.4) is 0 Å². The highest BCUT2D eigenvalue weighted by Crippen LogP contribution is 2.32. The zero-order chi connectivity index (χ0) is 22.2. The summed E-state index contributed by atoms with van der Waals surface area (Å²) < 4.78 is 53.9. The first-order valence-electron chi connectivity index (χ1n) is 9.29. The molecule has 3 aromatic rings. The normalized spacial score (nSPS) is 11.9. The van der Waals surface area contributed by atoms with Crippen LogP contribution in [0, 0.1) is 12.7 Å². The lowest BCUT2D eigenvalue weighted by Crippen LogP contribution is -2.34. The molecule has 0 radical (unpaired) electrons. The van der Waals surface area contributed by atoms with Crippen molar-refractivity contribution >= 4 is 16.7 Å². The van der Waals surface area contributed by atoms with E-state index >= 15 is 0 Å². The van der Waals surface area contributed by atoms with E-state index in [-0.39, 0.29) is 23.0 Å². The Morgan fingerprint density at radius 2 is 1.80 bits per heavy atom. The van der Waals surface area contributed by atoms with Crippen molar-refractivity contribution in [3.8, 4) is 0 Å². The molecule has 1 N–H and O–H groups in total. The second-order valence-electron chi connectivity index (χ2n) is 7.31. The third-order valence-corrected chi connectivity index (χ3v) is 4.87. The number of hydrogen-bond donors (Lipinski definition) is 1. The third kappa shape index (κ3) is 4.08. The summed E-state index contributed by atoms with van der Waals surface area (Å²) in [5, 5.41) is 2.84. The Bertz CT molecular complexity index is 1180. The lowest BCUT2D eigenvalue weighted by Gasteiger charge is -2.21. The van der Waals surface area contributed by atoms with Crippen LogP contribution in [-0.2, 0) is 12.7 Å². The van der Waals surface area contributed by atoms with Crippen molar-refractivity contribution in [3.63, 3.8) is 0 Å².